The first-order valence-electron chi connectivity index (χ1n) is 6.04. The average molecular weight is 287 g/mol. The SMILES string of the molecule is Cc1cc([C@H]2CCCN2C(=O)CNS(C)(=O)=O)on1. The van der Waals surface area contributed by atoms with E-state index in [1.165, 1.54) is 0 Å². The van der Waals surface area contributed by atoms with Crippen LogP contribution >= 0.6 is 0 Å². The third kappa shape index (κ3) is 3.54. The highest BCUT2D eigenvalue weighted by Gasteiger charge is 2.32. The second-order valence-corrected chi connectivity index (χ2v) is 6.54. The highest BCUT2D eigenvalue weighted by atomic mass is 32.2. The molecule has 0 radical (unpaired) electrons. The molecule has 0 aromatic carbocycles. The molecular formula is C11H17N3O4S. The van der Waals surface area contributed by atoms with E-state index in [0.717, 1.165) is 24.8 Å². The molecule has 106 valence electrons. The van der Waals surface area contributed by atoms with E-state index in [0.29, 0.717) is 12.3 Å². The predicted octanol–water partition coefficient (Wildman–Crippen LogP) is 0.196. The Kier molecular flexibility index (Phi) is 3.91. The number of rotatable bonds is 4. The normalized spacial score (nSPS) is 19.9. The summed E-state index contributed by atoms with van der Waals surface area (Å²) in [5.41, 5.74) is 0.767. The van der Waals surface area contributed by atoms with Crippen LogP contribution in [0, 0.1) is 6.92 Å². The van der Waals surface area contributed by atoms with Gasteiger partial charge in [-0.15, -0.1) is 0 Å². The largest absolute Gasteiger partial charge is 0.359 e. The smallest absolute Gasteiger partial charge is 0.238 e. The molecular weight excluding hydrogens is 270 g/mol. The quantitative estimate of drug-likeness (QED) is 0.853. The molecule has 7 nitrogen and oxygen atoms in total. The molecule has 8 heteroatoms. The summed E-state index contributed by atoms with van der Waals surface area (Å²) in [7, 11) is -3.36. The van der Waals surface area contributed by atoms with Crippen molar-refractivity contribution in [1.29, 1.82) is 0 Å². The number of aryl methyl sites for hydroxylation is 1. The van der Waals surface area contributed by atoms with Crippen molar-refractivity contribution in [3.8, 4) is 0 Å². The van der Waals surface area contributed by atoms with E-state index < -0.39 is 10.0 Å². The summed E-state index contributed by atoms with van der Waals surface area (Å²) in [6, 6.07) is 1.66. The van der Waals surface area contributed by atoms with Crippen molar-refractivity contribution in [2.24, 2.45) is 0 Å². The number of amides is 1. The highest BCUT2D eigenvalue weighted by molar-refractivity contribution is 7.88. The summed E-state index contributed by atoms with van der Waals surface area (Å²) in [4.78, 5) is 13.7. The lowest BCUT2D eigenvalue weighted by atomic mass is 10.1. The summed E-state index contributed by atoms with van der Waals surface area (Å²) < 4.78 is 29.4. The van der Waals surface area contributed by atoms with Crippen LogP contribution in [0.25, 0.3) is 0 Å². The Morgan fingerprint density at radius 1 is 1.63 bits per heavy atom. The lowest BCUT2D eigenvalue weighted by Gasteiger charge is -2.22. The molecule has 0 aliphatic carbocycles. The van der Waals surface area contributed by atoms with Crippen molar-refractivity contribution >= 4 is 15.9 Å². The van der Waals surface area contributed by atoms with Gasteiger partial charge in [-0.2, -0.15) is 0 Å². The number of aromatic nitrogens is 1. The van der Waals surface area contributed by atoms with Crippen LogP contribution in [0.5, 0.6) is 0 Å². The minimum atomic E-state index is -3.36. The van der Waals surface area contributed by atoms with Gasteiger partial charge in [0.15, 0.2) is 5.76 Å². The molecule has 2 rings (SSSR count). The van der Waals surface area contributed by atoms with Crippen LogP contribution in [0.15, 0.2) is 10.6 Å². The Morgan fingerprint density at radius 3 is 2.95 bits per heavy atom. The fourth-order valence-corrected chi connectivity index (χ4v) is 2.58. The number of carbonyl (C=O) groups excluding carboxylic acids is 1. The van der Waals surface area contributed by atoms with Gasteiger partial charge in [0, 0.05) is 12.6 Å². The van der Waals surface area contributed by atoms with Crippen LogP contribution in [0.3, 0.4) is 0 Å². The molecule has 0 bridgehead atoms. The Bertz CT molecular complexity index is 566. The van der Waals surface area contributed by atoms with Gasteiger partial charge < -0.3 is 9.42 Å². The van der Waals surface area contributed by atoms with Crippen molar-refractivity contribution in [2.45, 2.75) is 25.8 Å². The van der Waals surface area contributed by atoms with E-state index in [4.69, 9.17) is 4.52 Å². The topological polar surface area (TPSA) is 92.5 Å². The van der Waals surface area contributed by atoms with Crippen LogP contribution < -0.4 is 4.72 Å². The standard InChI is InChI=1S/C11H17N3O4S/c1-8-6-10(18-13-8)9-4-3-5-14(9)11(15)7-12-19(2,16)17/h6,9,12H,3-5,7H2,1-2H3/t9-/m1/s1. The number of nitrogens with one attached hydrogen (secondary N) is 1. The number of hydrogen-bond donors (Lipinski definition) is 1. The molecule has 1 amide bonds. The van der Waals surface area contributed by atoms with Gasteiger partial charge in [-0.25, -0.2) is 13.1 Å². The van der Waals surface area contributed by atoms with Crippen LogP contribution in [-0.2, 0) is 14.8 Å². The van der Waals surface area contributed by atoms with Gasteiger partial charge in [-0.05, 0) is 19.8 Å². The molecule has 1 fully saturated rings. The van der Waals surface area contributed by atoms with Gasteiger partial charge in [0.05, 0.1) is 24.5 Å². The van der Waals surface area contributed by atoms with Gasteiger partial charge in [-0.1, -0.05) is 5.16 Å². The molecule has 0 unspecified atom stereocenters. The van der Waals surface area contributed by atoms with Gasteiger partial charge in [0.25, 0.3) is 0 Å². The van der Waals surface area contributed by atoms with E-state index in [1.807, 2.05) is 6.92 Å². The molecule has 1 saturated heterocycles. The number of carbonyl (C=O) groups is 1. The highest BCUT2D eigenvalue weighted by Crippen LogP contribution is 2.32. The number of sulfonamides is 1. The Labute approximate surface area is 112 Å². The Balaban J connectivity index is 2.04. The molecule has 0 saturated carbocycles. The van der Waals surface area contributed by atoms with Crippen LogP contribution in [0.2, 0.25) is 0 Å². The summed E-state index contributed by atoms with van der Waals surface area (Å²) in [5, 5.41) is 3.82. The maximum absolute atomic E-state index is 12.0. The lowest BCUT2D eigenvalue weighted by molar-refractivity contribution is -0.131. The van der Waals surface area contributed by atoms with E-state index in [9.17, 15) is 13.2 Å². The third-order valence-electron chi connectivity index (χ3n) is 3.03. The molecule has 1 aliphatic heterocycles. The minimum Gasteiger partial charge on any atom is -0.359 e. The average Bonchev–Trinajstić information content (AvgIpc) is 2.92. The van der Waals surface area contributed by atoms with Crippen LogP contribution in [0.4, 0.5) is 0 Å². The molecule has 1 atom stereocenters. The van der Waals surface area contributed by atoms with E-state index in [2.05, 4.69) is 9.88 Å². The van der Waals surface area contributed by atoms with Gasteiger partial charge in [0.1, 0.15) is 0 Å². The lowest BCUT2D eigenvalue weighted by Crippen LogP contribution is -2.39. The maximum Gasteiger partial charge on any atom is 0.238 e. The van der Waals surface area contributed by atoms with Crippen molar-refractivity contribution in [3.05, 3.63) is 17.5 Å². The minimum absolute atomic E-state index is 0.143. The predicted molar refractivity (Wildman–Crippen MR) is 67.8 cm³/mol. The first-order valence-corrected chi connectivity index (χ1v) is 7.93. The zero-order valence-corrected chi connectivity index (χ0v) is 11.7. The molecule has 0 spiro atoms. The fraction of sp³-hybridized carbons (Fsp3) is 0.636. The van der Waals surface area contributed by atoms with Crippen molar-refractivity contribution in [3.63, 3.8) is 0 Å². The van der Waals surface area contributed by atoms with Gasteiger partial charge in [-0.3, -0.25) is 4.79 Å². The molecule has 1 N–H and O–H groups in total. The Hall–Kier alpha value is -1.41. The molecule has 1 aromatic rings. The number of hydrogen-bond acceptors (Lipinski definition) is 5. The van der Waals surface area contributed by atoms with Crippen molar-refractivity contribution < 1.29 is 17.7 Å². The summed E-state index contributed by atoms with van der Waals surface area (Å²) in [6.45, 7) is 2.20. The second kappa shape index (κ2) is 5.30. The van der Waals surface area contributed by atoms with Gasteiger partial charge >= 0.3 is 0 Å². The third-order valence-corrected chi connectivity index (χ3v) is 3.70. The monoisotopic (exact) mass is 287 g/mol. The molecule has 19 heavy (non-hydrogen) atoms. The molecule has 1 aliphatic rings. The second-order valence-electron chi connectivity index (χ2n) is 4.71. The van der Waals surface area contributed by atoms with Crippen LogP contribution in [-0.4, -0.2) is 43.7 Å². The van der Waals surface area contributed by atoms with Crippen molar-refractivity contribution in [2.75, 3.05) is 19.3 Å². The summed E-state index contributed by atoms with van der Waals surface area (Å²) in [6.07, 6.45) is 2.70. The number of nitrogens with zero attached hydrogens (tertiary/aromatic N) is 2. The van der Waals surface area contributed by atoms with E-state index in [1.54, 1.807) is 11.0 Å². The van der Waals surface area contributed by atoms with E-state index >= 15 is 0 Å². The molecule has 2 heterocycles. The molecule has 1 aromatic heterocycles. The zero-order chi connectivity index (χ0) is 14.0. The Morgan fingerprint density at radius 2 is 2.37 bits per heavy atom. The number of likely N-dealkylation sites (tertiary alicyclic amines) is 1. The summed E-state index contributed by atoms with van der Waals surface area (Å²) >= 11 is 0. The van der Waals surface area contributed by atoms with E-state index in [-0.39, 0.29) is 18.5 Å². The van der Waals surface area contributed by atoms with Gasteiger partial charge in [0.2, 0.25) is 15.9 Å². The van der Waals surface area contributed by atoms with Crippen molar-refractivity contribution in [1.82, 2.24) is 14.8 Å². The first kappa shape index (κ1) is 14.0. The maximum atomic E-state index is 12.0. The fourth-order valence-electron chi connectivity index (χ4n) is 2.20. The first-order chi connectivity index (χ1) is 8.87. The zero-order valence-electron chi connectivity index (χ0n) is 10.9. The van der Waals surface area contributed by atoms with Crippen LogP contribution in [0.1, 0.15) is 30.3 Å². The summed E-state index contributed by atoms with van der Waals surface area (Å²) in [5.74, 6) is 0.407.